The first-order valence-corrected chi connectivity index (χ1v) is 4.65. The minimum Gasteiger partial charge on any atom is -0.496 e. The maximum Gasteiger partial charge on any atom is 0.132 e. The smallest absolute Gasteiger partial charge is 0.132 e. The van der Waals surface area contributed by atoms with Gasteiger partial charge in [0.25, 0.3) is 0 Å². The van der Waals surface area contributed by atoms with Gasteiger partial charge in [-0.05, 0) is 30.7 Å². The monoisotopic (exact) mass is 199 g/mol. The second kappa shape index (κ2) is 4.09. The molecular weight excluding hydrogens is 188 g/mol. The van der Waals surface area contributed by atoms with Gasteiger partial charge in [0.15, 0.2) is 0 Å². The Labute approximate surface area is 88.8 Å². The van der Waals surface area contributed by atoms with Crippen LogP contribution in [-0.4, -0.2) is 17.1 Å². The molecule has 0 aromatic carbocycles. The Bertz CT molecular complexity index is 469. The third-order valence-electron chi connectivity index (χ3n) is 2.11. The summed E-state index contributed by atoms with van der Waals surface area (Å²) in [5.41, 5.74) is 2.78. The van der Waals surface area contributed by atoms with E-state index in [2.05, 4.69) is 16.2 Å². The van der Waals surface area contributed by atoms with Crippen LogP contribution in [0.25, 0.3) is 11.3 Å². The third kappa shape index (κ3) is 1.96. The van der Waals surface area contributed by atoms with E-state index in [0.29, 0.717) is 0 Å². The molecule has 75 valence electrons. The Morgan fingerprint density at radius 2 is 2.13 bits per heavy atom. The molecule has 0 saturated heterocycles. The van der Waals surface area contributed by atoms with E-state index in [1.54, 1.807) is 25.6 Å². The van der Waals surface area contributed by atoms with Gasteiger partial charge in [-0.15, -0.1) is 0 Å². The molecule has 2 heterocycles. The Morgan fingerprint density at radius 3 is 2.87 bits per heavy atom. The van der Waals surface area contributed by atoms with E-state index in [-0.39, 0.29) is 0 Å². The van der Waals surface area contributed by atoms with Crippen LogP contribution in [0.1, 0.15) is 5.56 Å². The molecular formula is C12H11N2O. The number of nitrogens with zero attached hydrogens (tertiary/aromatic N) is 2. The average molecular weight is 199 g/mol. The van der Waals surface area contributed by atoms with Gasteiger partial charge in [-0.1, -0.05) is 0 Å². The lowest BCUT2D eigenvalue weighted by atomic mass is 10.1. The molecule has 0 N–H and O–H groups in total. The molecule has 0 amide bonds. The Kier molecular flexibility index (Phi) is 2.63. The second-order valence-corrected chi connectivity index (χ2v) is 3.22. The van der Waals surface area contributed by atoms with Crippen LogP contribution in [0, 0.1) is 13.1 Å². The molecule has 0 saturated carbocycles. The molecule has 15 heavy (non-hydrogen) atoms. The predicted molar refractivity (Wildman–Crippen MR) is 57.6 cm³/mol. The van der Waals surface area contributed by atoms with Gasteiger partial charge in [-0.25, -0.2) is 0 Å². The molecule has 0 aliphatic carbocycles. The first-order valence-electron chi connectivity index (χ1n) is 4.65. The van der Waals surface area contributed by atoms with Crippen LogP contribution in [0.4, 0.5) is 0 Å². The summed E-state index contributed by atoms with van der Waals surface area (Å²) in [5, 5.41) is 0. The molecule has 0 bridgehead atoms. The minimum absolute atomic E-state index is 0.739. The molecule has 0 aliphatic heterocycles. The van der Waals surface area contributed by atoms with Crippen molar-refractivity contribution in [2.75, 3.05) is 7.11 Å². The lowest BCUT2D eigenvalue weighted by molar-refractivity contribution is 0.415. The van der Waals surface area contributed by atoms with Gasteiger partial charge >= 0.3 is 0 Å². The summed E-state index contributed by atoms with van der Waals surface area (Å²) in [6, 6.07) is 5.73. The SMILES string of the molecule is COc1ccn[c]c1-c1cc(C)ccn1. The van der Waals surface area contributed by atoms with Gasteiger partial charge in [-0.2, -0.15) is 0 Å². The Hall–Kier alpha value is -1.90. The van der Waals surface area contributed by atoms with Crippen molar-refractivity contribution in [3.63, 3.8) is 0 Å². The van der Waals surface area contributed by atoms with Crippen molar-refractivity contribution in [2.24, 2.45) is 0 Å². The van der Waals surface area contributed by atoms with Crippen molar-refractivity contribution >= 4 is 0 Å². The third-order valence-corrected chi connectivity index (χ3v) is 2.11. The highest BCUT2D eigenvalue weighted by Gasteiger charge is 2.06. The van der Waals surface area contributed by atoms with Gasteiger partial charge in [0, 0.05) is 12.4 Å². The van der Waals surface area contributed by atoms with E-state index < -0.39 is 0 Å². The number of ether oxygens (including phenoxy) is 1. The Balaban J connectivity index is 2.53. The number of aryl methyl sites for hydroxylation is 1. The molecule has 0 spiro atoms. The molecule has 0 atom stereocenters. The molecule has 3 heteroatoms. The lowest BCUT2D eigenvalue weighted by Gasteiger charge is -2.06. The first kappa shape index (κ1) is 9.65. The fourth-order valence-corrected chi connectivity index (χ4v) is 1.37. The zero-order chi connectivity index (χ0) is 10.7. The summed E-state index contributed by atoms with van der Waals surface area (Å²) in [7, 11) is 1.63. The van der Waals surface area contributed by atoms with Crippen molar-refractivity contribution in [3.05, 3.63) is 42.4 Å². The topological polar surface area (TPSA) is 35.0 Å². The highest BCUT2D eigenvalue weighted by atomic mass is 16.5. The zero-order valence-electron chi connectivity index (χ0n) is 8.69. The summed E-state index contributed by atoms with van der Waals surface area (Å²) in [6.07, 6.45) is 6.31. The van der Waals surface area contributed by atoms with E-state index in [1.165, 1.54) is 0 Å². The largest absolute Gasteiger partial charge is 0.496 e. The van der Waals surface area contributed by atoms with Crippen molar-refractivity contribution in [1.29, 1.82) is 0 Å². The fraction of sp³-hybridized carbons (Fsp3) is 0.167. The van der Waals surface area contributed by atoms with E-state index in [0.717, 1.165) is 22.6 Å². The van der Waals surface area contributed by atoms with E-state index >= 15 is 0 Å². The second-order valence-electron chi connectivity index (χ2n) is 3.22. The highest BCUT2D eigenvalue weighted by molar-refractivity contribution is 5.65. The number of pyridine rings is 2. The van der Waals surface area contributed by atoms with Gasteiger partial charge < -0.3 is 4.74 Å². The lowest BCUT2D eigenvalue weighted by Crippen LogP contribution is -1.91. The summed E-state index contributed by atoms with van der Waals surface area (Å²) in [6.45, 7) is 2.02. The quantitative estimate of drug-likeness (QED) is 0.744. The normalized spacial score (nSPS) is 10.0. The van der Waals surface area contributed by atoms with Crippen molar-refractivity contribution < 1.29 is 4.74 Å². The Morgan fingerprint density at radius 1 is 1.27 bits per heavy atom. The molecule has 1 radical (unpaired) electrons. The van der Waals surface area contributed by atoms with Crippen molar-refractivity contribution in [1.82, 2.24) is 9.97 Å². The predicted octanol–water partition coefficient (Wildman–Crippen LogP) is 2.26. The molecule has 3 nitrogen and oxygen atoms in total. The van der Waals surface area contributed by atoms with Crippen LogP contribution >= 0.6 is 0 Å². The molecule has 0 aliphatic rings. The first-order chi connectivity index (χ1) is 7.31. The minimum atomic E-state index is 0.739. The number of hydrogen-bond acceptors (Lipinski definition) is 3. The van der Waals surface area contributed by atoms with Crippen molar-refractivity contribution in [3.8, 4) is 17.0 Å². The van der Waals surface area contributed by atoms with Gasteiger partial charge in [0.1, 0.15) is 11.9 Å². The van der Waals surface area contributed by atoms with Crippen LogP contribution in [0.15, 0.2) is 30.6 Å². The average Bonchev–Trinajstić information content (AvgIpc) is 2.29. The summed E-state index contributed by atoms with van der Waals surface area (Å²) >= 11 is 0. The number of aromatic nitrogens is 2. The van der Waals surface area contributed by atoms with Crippen LogP contribution in [0.3, 0.4) is 0 Å². The number of rotatable bonds is 2. The summed E-state index contributed by atoms with van der Waals surface area (Å²) in [4.78, 5) is 8.22. The summed E-state index contributed by atoms with van der Waals surface area (Å²) in [5.74, 6) is 0.739. The zero-order valence-corrected chi connectivity index (χ0v) is 8.69. The molecule has 2 aromatic rings. The van der Waals surface area contributed by atoms with E-state index in [4.69, 9.17) is 4.74 Å². The number of hydrogen-bond donors (Lipinski definition) is 0. The van der Waals surface area contributed by atoms with Gasteiger partial charge in [-0.3, -0.25) is 9.97 Å². The highest BCUT2D eigenvalue weighted by Crippen LogP contribution is 2.26. The van der Waals surface area contributed by atoms with Crippen LogP contribution in [0.2, 0.25) is 0 Å². The maximum atomic E-state index is 5.23. The van der Waals surface area contributed by atoms with E-state index in [1.807, 2.05) is 19.1 Å². The molecule has 0 fully saturated rings. The van der Waals surface area contributed by atoms with Crippen LogP contribution in [0.5, 0.6) is 5.75 Å². The van der Waals surface area contributed by atoms with Crippen molar-refractivity contribution in [2.45, 2.75) is 6.92 Å². The maximum absolute atomic E-state index is 5.23. The number of methoxy groups -OCH3 is 1. The molecule has 2 rings (SSSR count). The standard InChI is InChI=1S/C12H11N2O/c1-9-3-6-14-11(7-9)10-8-13-5-4-12(10)15-2/h3-7H,1-2H3. The molecule has 2 aromatic heterocycles. The van der Waals surface area contributed by atoms with E-state index in [9.17, 15) is 0 Å². The van der Waals surface area contributed by atoms with Gasteiger partial charge in [0.05, 0.1) is 18.4 Å². The summed E-state index contributed by atoms with van der Waals surface area (Å²) < 4.78 is 5.23. The fourth-order valence-electron chi connectivity index (χ4n) is 1.37. The van der Waals surface area contributed by atoms with Crippen LogP contribution in [-0.2, 0) is 0 Å². The van der Waals surface area contributed by atoms with Crippen LogP contribution < -0.4 is 4.74 Å². The van der Waals surface area contributed by atoms with Gasteiger partial charge in [0.2, 0.25) is 0 Å². The molecule has 0 unspecified atom stereocenters.